The molecule has 1 N–H and O–H groups in total. The second kappa shape index (κ2) is 3.72. The van der Waals surface area contributed by atoms with Crippen molar-refractivity contribution >= 4 is 11.8 Å². The van der Waals surface area contributed by atoms with Crippen molar-refractivity contribution in [3.8, 4) is 0 Å². The SMILES string of the molecule is Cc1coc(SC2CCCC2O)n1. The van der Waals surface area contributed by atoms with Gasteiger partial charge in [0.25, 0.3) is 5.22 Å². The van der Waals surface area contributed by atoms with Gasteiger partial charge in [0.2, 0.25) is 0 Å². The zero-order chi connectivity index (χ0) is 9.26. The summed E-state index contributed by atoms with van der Waals surface area (Å²) in [5, 5.41) is 10.5. The minimum Gasteiger partial charge on any atom is -0.440 e. The van der Waals surface area contributed by atoms with Crippen molar-refractivity contribution in [2.24, 2.45) is 0 Å². The van der Waals surface area contributed by atoms with Gasteiger partial charge in [-0.2, -0.15) is 0 Å². The maximum absolute atomic E-state index is 9.57. The minimum absolute atomic E-state index is 0.183. The number of hydrogen-bond acceptors (Lipinski definition) is 4. The lowest BCUT2D eigenvalue weighted by atomic mass is 10.3. The van der Waals surface area contributed by atoms with Crippen LogP contribution >= 0.6 is 11.8 Å². The Bertz CT molecular complexity index is 287. The van der Waals surface area contributed by atoms with E-state index in [0.29, 0.717) is 5.22 Å². The number of hydrogen-bond donors (Lipinski definition) is 1. The third-order valence-electron chi connectivity index (χ3n) is 2.27. The molecule has 1 saturated carbocycles. The standard InChI is InChI=1S/C9H13NO2S/c1-6-5-12-9(10-6)13-8-4-2-3-7(8)11/h5,7-8,11H,2-4H2,1H3. The van der Waals surface area contributed by atoms with Crippen molar-refractivity contribution in [3.63, 3.8) is 0 Å². The third-order valence-corrected chi connectivity index (χ3v) is 3.51. The van der Waals surface area contributed by atoms with Crippen molar-refractivity contribution in [1.29, 1.82) is 0 Å². The summed E-state index contributed by atoms with van der Waals surface area (Å²) in [7, 11) is 0. The Morgan fingerprint density at radius 3 is 3.00 bits per heavy atom. The lowest BCUT2D eigenvalue weighted by Gasteiger charge is -2.10. The van der Waals surface area contributed by atoms with Crippen molar-refractivity contribution in [2.45, 2.75) is 42.8 Å². The number of nitrogens with zero attached hydrogens (tertiary/aromatic N) is 1. The molecule has 13 heavy (non-hydrogen) atoms. The van der Waals surface area contributed by atoms with Gasteiger partial charge in [-0.1, -0.05) is 11.8 Å². The molecule has 2 rings (SSSR count). The first-order valence-corrected chi connectivity index (χ1v) is 5.40. The topological polar surface area (TPSA) is 46.3 Å². The van der Waals surface area contributed by atoms with Crippen LogP contribution < -0.4 is 0 Å². The molecule has 1 fully saturated rings. The van der Waals surface area contributed by atoms with Crippen LogP contribution in [0.2, 0.25) is 0 Å². The largest absolute Gasteiger partial charge is 0.440 e. The molecular formula is C9H13NO2S. The molecule has 0 amide bonds. The zero-order valence-corrected chi connectivity index (χ0v) is 8.38. The smallest absolute Gasteiger partial charge is 0.256 e. The van der Waals surface area contributed by atoms with Crippen LogP contribution in [0.25, 0.3) is 0 Å². The van der Waals surface area contributed by atoms with Crippen LogP contribution in [0.3, 0.4) is 0 Å². The van der Waals surface area contributed by atoms with Crippen LogP contribution in [0, 0.1) is 6.92 Å². The summed E-state index contributed by atoms with van der Waals surface area (Å²) in [6.45, 7) is 1.90. The van der Waals surface area contributed by atoms with E-state index in [2.05, 4.69) is 4.98 Å². The highest BCUT2D eigenvalue weighted by molar-refractivity contribution is 7.99. The fraction of sp³-hybridized carbons (Fsp3) is 0.667. The van der Waals surface area contributed by atoms with Crippen LogP contribution in [0.15, 0.2) is 15.9 Å². The van der Waals surface area contributed by atoms with Crippen LogP contribution in [-0.4, -0.2) is 21.4 Å². The molecule has 1 aromatic rings. The Hall–Kier alpha value is -0.480. The molecule has 2 unspecified atom stereocenters. The molecule has 1 aliphatic rings. The molecule has 1 heterocycles. The Morgan fingerprint density at radius 1 is 1.62 bits per heavy atom. The molecule has 2 atom stereocenters. The molecule has 0 radical (unpaired) electrons. The van der Waals surface area contributed by atoms with E-state index >= 15 is 0 Å². The summed E-state index contributed by atoms with van der Waals surface area (Å²) in [5.74, 6) is 0. The highest BCUT2D eigenvalue weighted by atomic mass is 32.2. The zero-order valence-electron chi connectivity index (χ0n) is 7.56. The van der Waals surface area contributed by atoms with Gasteiger partial charge < -0.3 is 9.52 Å². The first-order valence-electron chi connectivity index (χ1n) is 4.52. The Kier molecular flexibility index (Phi) is 2.60. The minimum atomic E-state index is -0.183. The van der Waals surface area contributed by atoms with Gasteiger partial charge in [0.1, 0.15) is 6.26 Å². The molecule has 0 aliphatic heterocycles. The summed E-state index contributed by atoms with van der Waals surface area (Å²) in [6.07, 6.45) is 4.55. The highest BCUT2D eigenvalue weighted by Gasteiger charge is 2.27. The number of aromatic nitrogens is 1. The van der Waals surface area contributed by atoms with Crippen molar-refractivity contribution in [1.82, 2.24) is 4.98 Å². The maximum Gasteiger partial charge on any atom is 0.256 e. The van der Waals surface area contributed by atoms with Crippen LogP contribution in [0.4, 0.5) is 0 Å². The van der Waals surface area contributed by atoms with E-state index in [1.165, 1.54) is 0 Å². The molecule has 4 heteroatoms. The first-order chi connectivity index (χ1) is 6.25. The first kappa shape index (κ1) is 9.09. The molecule has 0 aromatic carbocycles. The number of aryl methyl sites for hydroxylation is 1. The van der Waals surface area contributed by atoms with E-state index in [9.17, 15) is 5.11 Å². The van der Waals surface area contributed by atoms with Crippen molar-refractivity contribution in [3.05, 3.63) is 12.0 Å². The number of rotatable bonds is 2. The quantitative estimate of drug-likeness (QED) is 0.791. The molecule has 3 nitrogen and oxygen atoms in total. The average Bonchev–Trinajstić information content (AvgIpc) is 2.64. The van der Waals surface area contributed by atoms with E-state index < -0.39 is 0 Å². The predicted molar refractivity (Wildman–Crippen MR) is 50.7 cm³/mol. The highest BCUT2D eigenvalue weighted by Crippen LogP contribution is 2.34. The Labute approximate surface area is 81.5 Å². The second-order valence-corrected chi connectivity index (χ2v) is 4.60. The summed E-state index contributed by atoms with van der Waals surface area (Å²) < 4.78 is 5.22. The second-order valence-electron chi connectivity index (χ2n) is 3.41. The van der Waals surface area contributed by atoms with E-state index in [-0.39, 0.29) is 11.4 Å². The molecule has 1 aliphatic carbocycles. The number of thioether (sulfide) groups is 1. The fourth-order valence-corrected chi connectivity index (χ4v) is 2.70. The number of aliphatic hydroxyl groups excluding tert-OH is 1. The molecule has 0 spiro atoms. The van der Waals surface area contributed by atoms with Gasteiger partial charge in [0.15, 0.2) is 0 Å². The van der Waals surface area contributed by atoms with E-state index in [1.807, 2.05) is 6.92 Å². The monoisotopic (exact) mass is 199 g/mol. The van der Waals surface area contributed by atoms with Crippen LogP contribution in [-0.2, 0) is 0 Å². The number of aliphatic hydroxyl groups is 1. The summed E-state index contributed by atoms with van der Waals surface area (Å²) >= 11 is 1.55. The van der Waals surface area contributed by atoms with E-state index in [1.54, 1.807) is 18.0 Å². The van der Waals surface area contributed by atoms with Crippen LogP contribution in [0.5, 0.6) is 0 Å². The van der Waals surface area contributed by atoms with Gasteiger partial charge in [0.05, 0.1) is 11.8 Å². The molecule has 1 aromatic heterocycles. The summed E-state index contributed by atoms with van der Waals surface area (Å²) in [4.78, 5) is 4.19. The molecule has 0 saturated heterocycles. The van der Waals surface area contributed by atoms with E-state index in [0.717, 1.165) is 25.0 Å². The Morgan fingerprint density at radius 2 is 2.46 bits per heavy atom. The van der Waals surface area contributed by atoms with Crippen molar-refractivity contribution in [2.75, 3.05) is 0 Å². The van der Waals surface area contributed by atoms with Gasteiger partial charge in [-0.05, 0) is 26.2 Å². The predicted octanol–water partition coefficient (Wildman–Crippen LogP) is 1.99. The average molecular weight is 199 g/mol. The summed E-state index contributed by atoms with van der Waals surface area (Å²) in [6, 6.07) is 0. The van der Waals surface area contributed by atoms with E-state index in [4.69, 9.17) is 4.42 Å². The molecule has 72 valence electrons. The van der Waals surface area contributed by atoms with Gasteiger partial charge in [0, 0.05) is 5.25 Å². The van der Waals surface area contributed by atoms with Crippen molar-refractivity contribution < 1.29 is 9.52 Å². The van der Waals surface area contributed by atoms with Gasteiger partial charge in [-0.3, -0.25) is 0 Å². The van der Waals surface area contributed by atoms with Gasteiger partial charge >= 0.3 is 0 Å². The van der Waals surface area contributed by atoms with Gasteiger partial charge in [-0.25, -0.2) is 4.98 Å². The lowest BCUT2D eigenvalue weighted by molar-refractivity contribution is 0.187. The molecular weight excluding hydrogens is 186 g/mol. The number of oxazole rings is 1. The normalized spacial score (nSPS) is 28.2. The van der Waals surface area contributed by atoms with Gasteiger partial charge in [-0.15, -0.1) is 0 Å². The summed E-state index contributed by atoms with van der Waals surface area (Å²) in [5.41, 5.74) is 0.898. The lowest BCUT2D eigenvalue weighted by Crippen LogP contribution is -2.14. The Balaban J connectivity index is 1.97. The van der Waals surface area contributed by atoms with Crippen LogP contribution in [0.1, 0.15) is 25.0 Å². The molecule has 0 bridgehead atoms. The maximum atomic E-state index is 9.57. The third kappa shape index (κ3) is 2.06. The fourth-order valence-electron chi connectivity index (χ4n) is 1.56.